The van der Waals surface area contributed by atoms with Crippen molar-refractivity contribution in [2.24, 2.45) is 0 Å². The maximum atomic E-state index is 13.3. The fourth-order valence-corrected chi connectivity index (χ4v) is 1.33. The molecule has 72 valence electrons. The normalized spacial score (nSPS) is 19.1. The molecule has 4 heteroatoms. The van der Waals surface area contributed by atoms with Crippen molar-refractivity contribution in [3.8, 4) is 0 Å². The fraction of sp³-hybridized carbons (Fsp3) is 0.100. The second kappa shape index (κ2) is 3.31. The Labute approximate surface area is 80.3 Å². The minimum atomic E-state index is -2.13. The first-order chi connectivity index (χ1) is 6.70. The zero-order valence-electron chi connectivity index (χ0n) is 7.40. The summed E-state index contributed by atoms with van der Waals surface area (Å²) < 4.78 is 26.7. The van der Waals surface area contributed by atoms with E-state index >= 15 is 0 Å². The van der Waals surface area contributed by atoms with Crippen LogP contribution in [-0.2, 0) is 0 Å². The first kappa shape index (κ1) is 9.02. The highest BCUT2D eigenvalue weighted by Gasteiger charge is 2.38. The van der Waals surface area contributed by atoms with Crippen molar-refractivity contribution < 1.29 is 13.9 Å². The van der Waals surface area contributed by atoms with Crippen LogP contribution < -0.4 is 0 Å². The number of halogens is 2. The molecule has 0 spiro atoms. The first-order valence-electron chi connectivity index (χ1n) is 4.26. The maximum absolute atomic E-state index is 13.3. The summed E-state index contributed by atoms with van der Waals surface area (Å²) in [6.45, 7) is -0.303. The van der Waals surface area contributed by atoms with E-state index in [1.807, 2.05) is 0 Å². The van der Waals surface area contributed by atoms with Gasteiger partial charge in [0.15, 0.2) is 6.54 Å². The molecule has 0 bridgehead atoms. The summed E-state index contributed by atoms with van der Waals surface area (Å²) in [6, 6.07) is 4.98. The highest BCUT2D eigenvalue weighted by atomic mass is 19.4. The van der Waals surface area contributed by atoms with Gasteiger partial charge in [0.05, 0.1) is 4.93 Å². The topological polar surface area (TPSA) is 12.9 Å². The van der Waals surface area contributed by atoms with Crippen LogP contribution in [0.1, 0.15) is 5.69 Å². The van der Waals surface area contributed by atoms with Gasteiger partial charge < -0.3 is 0 Å². The van der Waals surface area contributed by atoms with Crippen molar-refractivity contribution >= 4 is 5.70 Å². The maximum Gasteiger partial charge on any atom is 0.239 e. The quantitative estimate of drug-likeness (QED) is 0.627. The number of nitrogens with zero attached hydrogens (tertiary/aromatic N) is 2. The number of quaternary nitrogens is 1. The number of hydrogen-bond donors (Lipinski definition) is 0. The van der Waals surface area contributed by atoms with E-state index in [1.165, 1.54) is 18.3 Å². The molecule has 0 aliphatic carbocycles. The van der Waals surface area contributed by atoms with E-state index < -0.39 is 4.93 Å². The molecule has 1 aromatic heterocycles. The summed E-state index contributed by atoms with van der Waals surface area (Å²) in [5, 5.41) is 0. The molecule has 2 nitrogen and oxygen atoms in total. The monoisotopic (exact) mass is 195 g/mol. The lowest BCUT2D eigenvalue weighted by atomic mass is 10.2. The molecule has 0 radical (unpaired) electrons. The molecular formula is C10H9F2N2+. The van der Waals surface area contributed by atoms with Gasteiger partial charge in [-0.15, -0.1) is 0 Å². The van der Waals surface area contributed by atoms with Crippen molar-refractivity contribution in [1.29, 1.82) is 0 Å². The Morgan fingerprint density at radius 2 is 2.14 bits per heavy atom. The average molecular weight is 195 g/mol. The van der Waals surface area contributed by atoms with E-state index in [-0.39, 0.29) is 12.2 Å². The zero-order valence-corrected chi connectivity index (χ0v) is 7.40. The van der Waals surface area contributed by atoms with Crippen LogP contribution in [0, 0.1) is 0 Å². The van der Waals surface area contributed by atoms with Gasteiger partial charge in [-0.1, -0.05) is 12.1 Å². The number of pyridine rings is 1. The van der Waals surface area contributed by atoms with E-state index in [4.69, 9.17) is 0 Å². The van der Waals surface area contributed by atoms with E-state index in [9.17, 15) is 8.96 Å². The van der Waals surface area contributed by atoms with Gasteiger partial charge in [0.2, 0.25) is 5.70 Å². The van der Waals surface area contributed by atoms with Crippen LogP contribution in [0.5, 0.6) is 0 Å². The third kappa shape index (κ3) is 1.56. The Hall–Kier alpha value is -1.55. The Balaban J connectivity index is 2.43. The van der Waals surface area contributed by atoms with Gasteiger partial charge >= 0.3 is 0 Å². The van der Waals surface area contributed by atoms with E-state index in [2.05, 4.69) is 4.98 Å². The number of aromatic nitrogens is 1. The van der Waals surface area contributed by atoms with Crippen LogP contribution in [0.3, 0.4) is 0 Å². The van der Waals surface area contributed by atoms with Crippen molar-refractivity contribution in [3.05, 3.63) is 48.3 Å². The SMILES string of the molecule is F[N+]1(F)CC=CC=C1c1ccccn1. The lowest BCUT2D eigenvalue weighted by Crippen LogP contribution is -2.30. The molecule has 1 aliphatic heterocycles. The van der Waals surface area contributed by atoms with Crippen molar-refractivity contribution in [3.63, 3.8) is 0 Å². The van der Waals surface area contributed by atoms with E-state index in [0.29, 0.717) is 5.69 Å². The Morgan fingerprint density at radius 1 is 1.29 bits per heavy atom. The molecule has 0 aromatic carbocycles. The molecule has 0 amide bonds. The zero-order chi connectivity index (χ0) is 10.0. The molecule has 0 N–H and O–H groups in total. The standard InChI is InChI=1S/C10H9F2N2/c11-14(12)8-4-2-6-10(14)9-5-1-3-7-13-9/h1-7H,8H2/q+1. The van der Waals surface area contributed by atoms with Crippen LogP contribution >= 0.6 is 0 Å². The minimum Gasteiger partial charge on any atom is -0.250 e. The van der Waals surface area contributed by atoms with E-state index in [1.54, 1.807) is 24.3 Å². The molecule has 0 saturated carbocycles. The summed E-state index contributed by atoms with van der Waals surface area (Å²) in [5.41, 5.74) is 0.259. The van der Waals surface area contributed by atoms with E-state index in [0.717, 1.165) is 0 Å². The Morgan fingerprint density at radius 3 is 2.79 bits per heavy atom. The first-order valence-corrected chi connectivity index (χ1v) is 4.26. The summed E-state index contributed by atoms with van der Waals surface area (Å²) >= 11 is 0. The lowest BCUT2D eigenvalue weighted by molar-refractivity contribution is -1.11. The molecule has 0 fully saturated rings. The van der Waals surface area contributed by atoms with Gasteiger partial charge in [-0.2, -0.15) is 0 Å². The third-order valence-corrected chi connectivity index (χ3v) is 2.00. The van der Waals surface area contributed by atoms with Gasteiger partial charge in [0, 0.05) is 21.2 Å². The highest BCUT2D eigenvalue weighted by molar-refractivity contribution is 5.57. The summed E-state index contributed by atoms with van der Waals surface area (Å²) in [4.78, 5) is 1.77. The Kier molecular flexibility index (Phi) is 2.13. The molecule has 2 rings (SSSR count). The van der Waals surface area contributed by atoms with Gasteiger partial charge in [0.1, 0.15) is 5.69 Å². The average Bonchev–Trinajstić information content (AvgIpc) is 2.18. The molecule has 0 unspecified atom stereocenters. The smallest absolute Gasteiger partial charge is 0.239 e. The molecular weight excluding hydrogens is 186 g/mol. The van der Waals surface area contributed by atoms with Gasteiger partial charge in [-0.05, 0) is 18.2 Å². The highest BCUT2D eigenvalue weighted by Crippen LogP contribution is 2.30. The van der Waals surface area contributed by atoms with Crippen LogP contribution in [0.25, 0.3) is 5.70 Å². The van der Waals surface area contributed by atoms with Gasteiger partial charge in [0.25, 0.3) is 0 Å². The molecule has 0 saturated heterocycles. The van der Waals surface area contributed by atoms with Crippen molar-refractivity contribution in [2.75, 3.05) is 6.54 Å². The number of hydrogen-bond acceptors (Lipinski definition) is 1. The summed E-state index contributed by atoms with van der Waals surface area (Å²) in [6.07, 6.45) is 5.96. The van der Waals surface area contributed by atoms with Crippen LogP contribution in [0.4, 0.5) is 8.96 Å². The molecule has 14 heavy (non-hydrogen) atoms. The molecule has 2 heterocycles. The van der Waals surface area contributed by atoms with Crippen LogP contribution in [-0.4, -0.2) is 16.5 Å². The van der Waals surface area contributed by atoms with Gasteiger partial charge in [-0.25, -0.2) is 0 Å². The summed E-state index contributed by atoms with van der Waals surface area (Å²) in [7, 11) is 0. The molecule has 1 aliphatic rings. The lowest BCUT2D eigenvalue weighted by Gasteiger charge is -2.15. The van der Waals surface area contributed by atoms with Gasteiger partial charge in [-0.3, -0.25) is 4.98 Å². The van der Waals surface area contributed by atoms with Crippen molar-refractivity contribution in [1.82, 2.24) is 4.98 Å². The molecule has 1 aromatic rings. The second-order valence-electron chi connectivity index (χ2n) is 3.01. The van der Waals surface area contributed by atoms with Crippen molar-refractivity contribution in [2.45, 2.75) is 0 Å². The summed E-state index contributed by atoms with van der Waals surface area (Å²) in [5.74, 6) is 0. The fourth-order valence-electron chi connectivity index (χ4n) is 1.33. The third-order valence-electron chi connectivity index (χ3n) is 2.00. The minimum absolute atomic E-state index is 0.0619. The predicted octanol–water partition coefficient (Wildman–Crippen LogP) is 2.58. The molecule has 0 atom stereocenters. The largest absolute Gasteiger partial charge is 0.250 e. The Bertz CT molecular complexity index is 382. The predicted molar refractivity (Wildman–Crippen MR) is 48.7 cm³/mol. The van der Waals surface area contributed by atoms with Crippen LogP contribution in [0.15, 0.2) is 42.6 Å². The second-order valence-corrected chi connectivity index (χ2v) is 3.01. The number of rotatable bonds is 1. The number of allylic oxidation sites excluding steroid dienone is 2. The van der Waals surface area contributed by atoms with Crippen LogP contribution in [0.2, 0.25) is 0 Å².